The van der Waals surface area contributed by atoms with Crippen molar-refractivity contribution in [3.05, 3.63) is 11.6 Å². The molecule has 0 spiro atoms. The fourth-order valence-electron chi connectivity index (χ4n) is 1.74. The van der Waals surface area contributed by atoms with Crippen molar-refractivity contribution < 1.29 is 13.2 Å². The zero-order valence-electron chi connectivity index (χ0n) is 11.3. The Labute approximate surface area is 125 Å². The van der Waals surface area contributed by atoms with Crippen molar-refractivity contribution in [1.82, 2.24) is 19.4 Å². The van der Waals surface area contributed by atoms with Crippen LogP contribution in [0.4, 0.5) is 10.6 Å². The standard InChI is InChI=1S/C10H16N6O3S2/c1-2-12-7-8(16-5-6-20-10(16)15-7)21(18,19)14-4-3-13-9(11)17/h5-6,12,14H,2-4H2,1H3,(H3,11,13,17). The highest BCUT2D eigenvalue weighted by Crippen LogP contribution is 2.25. The van der Waals surface area contributed by atoms with Gasteiger partial charge >= 0.3 is 6.03 Å². The molecule has 0 aliphatic rings. The second kappa shape index (κ2) is 6.28. The lowest BCUT2D eigenvalue weighted by Crippen LogP contribution is -2.37. The van der Waals surface area contributed by atoms with E-state index in [2.05, 4.69) is 20.3 Å². The summed E-state index contributed by atoms with van der Waals surface area (Å²) in [6, 6.07) is -0.702. The number of thiazole rings is 1. The number of hydrogen-bond donors (Lipinski definition) is 4. The zero-order chi connectivity index (χ0) is 15.5. The quantitative estimate of drug-likeness (QED) is 0.520. The average molecular weight is 332 g/mol. The molecule has 2 amide bonds. The molecule has 0 aliphatic carbocycles. The Morgan fingerprint density at radius 3 is 2.90 bits per heavy atom. The Bertz CT molecular complexity index is 735. The number of amides is 2. The smallest absolute Gasteiger partial charge is 0.312 e. The molecule has 0 aliphatic heterocycles. The SMILES string of the molecule is CCNc1nc2sccn2c1S(=O)(=O)NCCNC(N)=O. The fourth-order valence-corrected chi connectivity index (χ4v) is 3.80. The first-order valence-corrected chi connectivity index (χ1v) is 8.54. The van der Waals surface area contributed by atoms with Gasteiger partial charge in [-0.25, -0.2) is 22.9 Å². The maximum Gasteiger partial charge on any atom is 0.312 e. The third-order valence-electron chi connectivity index (χ3n) is 2.53. The number of hydrogen-bond acceptors (Lipinski definition) is 6. The molecule has 0 saturated heterocycles. The Morgan fingerprint density at radius 2 is 2.24 bits per heavy atom. The third kappa shape index (κ3) is 3.43. The number of primary amides is 1. The van der Waals surface area contributed by atoms with Gasteiger partial charge in [0.15, 0.2) is 15.8 Å². The molecule has 9 nitrogen and oxygen atoms in total. The van der Waals surface area contributed by atoms with Crippen molar-refractivity contribution in [1.29, 1.82) is 0 Å². The van der Waals surface area contributed by atoms with Gasteiger partial charge in [0.2, 0.25) is 0 Å². The summed E-state index contributed by atoms with van der Waals surface area (Å²) >= 11 is 1.34. The minimum Gasteiger partial charge on any atom is -0.368 e. The van der Waals surface area contributed by atoms with E-state index < -0.39 is 16.1 Å². The van der Waals surface area contributed by atoms with Gasteiger partial charge in [0.25, 0.3) is 10.0 Å². The first kappa shape index (κ1) is 15.5. The van der Waals surface area contributed by atoms with Crippen LogP contribution in [0, 0.1) is 0 Å². The normalized spacial score (nSPS) is 11.7. The molecular weight excluding hydrogens is 316 g/mol. The lowest BCUT2D eigenvalue weighted by Gasteiger charge is -2.08. The summed E-state index contributed by atoms with van der Waals surface area (Å²) in [5.41, 5.74) is 4.91. The van der Waals surface area contributed by atoms with E-state index in [0.717, 1.165) is 0 Å². The van der Waals surface area contributed by atoms with Crippen LogP contribution in [0.3, 0.4) is 0 Å². The Kier molecular flexibility index (Phi) is 4.65. The number of aromatic nitrogens is 2. The molecule has 0 unspecified atom stereocenters. The van der Waals surface area contributed by atoms with Crippen molar-refractivity contribution in [3.8, 4) is 0 Å². The summed E-state index contributed by atoms with van der Waals surface area (Å²) in [6.45, 7) is 2.55. The van der Waals surface area contributed by atoms with Crippen LogP contribution in [0.2, 0.25) is 0 Å². The first-order valence-electron chi connectivity index (χ1n) is 6.18. The molecule has 0 radical (unpaired) electrons. The van der Waals surface area contributed by atoms with Crippen LogP contribution in [0.25, 0.3) is 4.96 Å². The number of urea groups is 1. The van der Waals surface area contributed by atoms with Crippen molar-refractivity contribution in [2.75, 3.05) is 25.0 Å². The summed E-state index contributed by atoms with van der Waals surface area (Å²) in [5, 5.41) is 7.05. The van der Waals surface area contributed by atoms with Crippen molar-refractivity contribution in [3.63, 3.8) is 0 Å². The highest BCUT2D eigenvalue weighted by atomic mass is 32.2. The van der Waals surface area contributed by atoms with Crippen LogP contribution in [0.15, 0.2) is 16.6 Å². The van der Waals surface area contributed by atoms with Crippen molar-refractivity contribution in [2.45, 2.75) is 11.9 Å². The maximum atomic E-state index is 12.4. The van der Waals surface area contributed by atoms with E-state index in [1.807, 2.05) is 6.92 Å². The number of rotatable bonds is 7. The number of nitrogens with zero attached hydrogens (tertiary/aromatic N) is 2. The number of imidazole rings is 1. The van der Waals surface area contributed by atoms with Crippen LogP contribution in [0.5, 0.6) is 0 Å². The summed E-state index contributed by atoms with van der Waals surface area (Å²) in [4.78, 5) is 15.4. The van der Waals surface area contributed by atoms with Gasteiger partial charge in [-0.1, -0.05) is 0 Å². The van der Waals surface area contributed by atoms with Gasteiger partial charge in [-0.2, -0.15) is 0 Å². The van der Waals surface area contributed by atoms with Crippen LogP contribution in [-0.4, -0.2) is 43.5 Å². The summed E-state index contributed by atoms with van der Waals surface area (Å²) < 4.78 is 28.7. The first-order chi connectivity index (χ1) is 9.95. The van der Waals surface area contributed by atoms with E-state index in [-0.39, 0.29) is 18.1 Å². The van der Waals surface area contributed by atoms with Gasteiger partial charge in [0, 0.05) is 31.2 Å². The number of fused-ring (bicyclic) bond motifs is 1. The van der Waals surface area contributed by atoms with Gasteiger partial charge in [-0.05, 0) is 6.92 Å². The fraction of sp³-hybridized carbons (Fsp3) is 0.400. The zero-order valence-corrected chi connectivity index (χ0v) is 12.9. The molecule has 5 N–H and O–H groups in total. The molecule has 11 heteroatoms. The van der Waals surface area contributed by atoms with Crippen LogP contribution >= 0.6 is 11.3 Å². The van der Waals surface area contributed by atoms with Crippen molar-refractivity contribution in [2.24, 2.45) is 5.73 Å². The Balaban J connectivity index is 2.23. The number of anilines is 1. The maximum absolute atomic E-state index is 12.4. The molecular formula is C10H16N6O3S2. The molecule has 0 fully saturated rings. The highest BCUT2D eigenvalue weighted by Gasteiger charge is 2.25. The molecule has 0 bridgehead atoms. The second-order valence-electron chi connectivity index (χ2n) is 4.04. The Morgan fingerprint density at radius 1 is 1.48 bits per heavy atom. The molecule has 21 heavy (non-hydrogen) atoms. The predicted molar refractivity (Wildman–Crippen MR) is 80.0 cm³/mol. The van der Waals surface area contributed by atoms with Gasteiger partial charge in [0.1, 0.15) is 0 Å². The monoisotopic (exact) mass is 332 g/mol. The highest BCUT2D eigenvalue weighted by molar-refractivity contribution is 7.89. The number of nitrogens with one attached hydrogen (secondary N) is 3. The number of nitrogens with two attached hydrogens (primary N) is 1. The number of carbonyl (C=O) groups excluding carboxylic acids is 1. The largest absolute Gasteiger partial charge is 0.368 e. The van der Waals surface area contributed by atoms with Gasteiger partial charge < -0.3 is 16.4 Å². The minimum absolute atomic E-state index is 0.0359. The lowest BCUT2D eigenvalue weighted by atomic mass is 10.6. The van der Waals surface area contributed by atoms with Gasteiger partial charge in [0.05, 0.1) is 0 Å². The molecule has 2 aromatic rings. The summed E-state index contributed by atoms with van der Waals surface area (Å²) in [5.74, 6) is 0.305. The molecule has 0 aromatic carbocycles. The third-order valence-corrected chi connectivity index (χ3v) is 4.77. The van der Waals surface area contributed by atoms with Crippen LogP contribution in [-0.2, 0) is 10.0 Å². The van der Waals surface area contributed by atoms with E-state index in [4.69, 9.17) is 5.73 Å². The summed E-state index contributed by atoms with van der Waals surface area (Å²) in [7, 11) is -3.76. The van der Waals surface area contributed by atoms with Crippen LogP contribution in [0.1, 0.15) is 6.92 Å². The Hall–Kier alpha value is -1.85. The molecule has 0 saturated carbocycles. The molecule has 0 atom stereocenters. The van der Waals surface area contributed by atoms with Crippen LogP contribution < -0.4 is 21.1 Å². The average Bonchev–Trinajstić information content (AvgIpc) is 2.94. The van der Waals surface area contributed by atoms with E-state index in [0.29, 0.717) is 17.3 Å². The number of sulfonamides is 1. The van der Waals surface area contributed by atoms with E-state index in [1.165, 1.54) is 15.7 Å². The minimum atomic E-state index is -3.76. The molecule has 2 heterocycles. The number of carbonyl (C=O) groups is 1. The topological polar surface area (TPSA) is 131 Å². The van der Waals surface area contributed by atoms with E-state index >= 15 is 0 Å². The van der Waals surface area contributed by atoms with E-state index in [9.17, 15) is 13.2 Å². The van der Waals surface area contributed by atoms with Crippen molar-refractivity contribution >= 4 is 38.2 Å². The molecule has 2 rings (SSSR count). The lowest BCUT2D eigenvalue weighted by molar-refractivity contribution is 0.249. The predicted octanol–water partition coefficient (Wildman–Crippen LogP) is -0.226. The van der Waals surface area contributed by atoms with Gasteiger partial charge in [-0.15, -0.1) is 11.3 Å². The molecule has 116 valence electrons. The van der Waals surface area contributed by atoms with Gasteiger partial charge in [-0.3, -0.25) is 4.40 Å². The van der Waals surface area contributed by atoms with E-state index in [1.54, 1.807) is 11.6 Å². The summed E-state index contributed by atoms with van der Waals surface area (Å²) in [6.07, 6.45) is 1.64. The molecule has 2 aromatic heterocycles. The second-order valence-corrected chi connectivity index (χ2v) is 6.60.